The summed E-state index contributed by atoms with van der Waals surface area (Å²) in [4.78, 5) is 15.9. The van der Waals surface area contributed by atoms with Gasteiger partial charge in [-0.3, -0.25) is 9.79 Å². The molecule has 0 heterocycles. The van der Waals surface area contributed by atoms with Gasteiger partial charge in [0.2, 0.25) is 5.91 Å². The zero-order valence-electron chi connectivity index (χ0n) is 6.37. The topological polar surface area (TPSA) is 32.7 Å². The lowest BCUT2D eigenvalue weighted by Gasteiger charge is -2.09. The van der Waals surface area contributed by atoms with E-state index >= 15 is 0 Å². The van der Waals surface area contributed by atoms with Crippen LogP contribution in [0.3, 0.4) is 0 Å². The van der Waals surface area contributed by atoms with Crippen LogP contribution in [0.5, 0.6) is 0 Å². The first-order valence-electron chi connectivity index (χ1n) is 3.09. The highest BCUT2D eigenvalue weighted by atomic mass is 16.2. The van der Waals surface area contributed by atoms with Crippen molar-refractivity contribution in [3.8, 4) is 0 Å². The molecule has 0 rings (SSSR count). The molecule has 56 valence electrons. The first-order valence-corrected chi connectivity index (χ1v) is 3.09. The number of hydrogen-bond donors (Lipinski definition) is 0. The van der Waals surface area contributed by atoms with Crippen molar-refractivity contribution in [3.05, 3.63) is 12.3 Å². The van der Waals surface area contributed by atoms with Gasteiger partial charge in [0.25, 0.3) is 0 Å². The van der Waals surface area contributed by atoms with Gasteiger partial charge in [-0.25, -0.2) is 0 Å². The molecule has 0 saturated carbocycles. The Morgan fingerprint density at radius 2 is 2.40 bits per heavy atom. The lowest BCUT2D eigenvalue weighted by Crippen LogP contribution is -2.23. The molecule has 0 aromatic heterocycles. The van der Waals surface area contributed by atoms with E-state index in [1.54, 1.807) is 11.9 Å². The molecule has 0 fully saturated rings. The molecular weight excluding hydrogens is 128 g/mol. The Kier molecular flexibility index (Phi) is 4.20. The van der Waals surface area contributed by atoms with Gasteiger partial charge in [-0.05, 0) is 13.6 Å². The molecule has 3 nitrogen and oxygen atoms in total. The third kappa shape index (κ3) is 3.02. The molecule has 0 spiro atoms. The zero-order valence-corrected chi connectivity index (χ0v) is 6.37. The van der Waals surface area contributed by atoms with Gasteiger partial charge in [0, 0.05) is 25.9 Å². The number of amides is 1. The Bertz CT molecular complexity index is 152. The zero-order chi connectivity index (χ0) is 7.98. The molecule has 10 heavy (non-hydrogen) atoms. The van der Waals surface area contributed by atoms with E-state index in [4.69, 9.17) is 0 Å². The summed E-state index contributed by atoms with van der Waals surface area (Å²) in [5.41, 5.74) is 0. The maximum atomic E-state index is 10.9. The predicted molar refractivity (Wildman–Crippen MR) is 42.0 cm³/mol. The summed E-state index contributed by atoms with van der Waals surface area (Å²) in [6, 6.07) is 0. The summed E-state index contributed by atoms with van der Waals surface area (Å²) in [6.07, 6.45) is 2.77. The number of hydrogen-bond acceptors (Lipinski definition) is 2. The van der Waals surface area contributed by atoms with E-state index in [-0.39, 0.29) is 5.91 Å². The molecule has 0 bridgehead atoms. The molecule has 0 unspecified atom stereocenters. The summed E-state index contributed by atoms with van der Waals surface area (Å²) in [5.74, 6) is -0.0464. The molecule has 0 aliphatic rings. The number of aliphatic imine (C=N–C) groups is 1. The van der Waals surface area contributed by atoms with Crippen molar-refractivity contribution in [2.24, 2.45) is 4.99 Å². The monoisotopic (exact) mass is 140 g/mol. The van der Waals surface area contributed by atoms with E-state index in [1.807, 2.05) is 6.92 Å². The Morgan fingerprint density at radius 1 is 1.80 bits per heavy atom. The van der Waals surface area contributed by atoms with Crippen LogP contribution < -0.4 is 0 Å². The van der Waals surface area contributed by atoms with Gasteiger partial charge in [0.05, 0.1) is 0 Å². The third-order valence-corrected chi connectivity index (χ3v) is 1.17. The fraction of sp³-hybridized carbons (Fsp3) is 0.429. The van der Waals surface area contributed by atoms with E-state index in [1.165, 1.54) is 12.3 Å². The van der Waals surface area contributed by atoms with Crippen molar-refractivity contribution in [1.29, 1.82) is 0 Å². The second-order valence-corrected chi connectivity index (χ2v) is 1.85. The molecule has 0 N–H and O–H groups in total. The summed E-state index contributed by atoms with van der Waals surface area (Å²) >= 11 is 0. The van der Waals surface area contributed by atoms with Crippen molar-refractivity contribution < 1.29 is 4.79 Å². The van der Waals surface area contributed by atoms with Crippen LogP contribution in [0.25, 0.3) is 0 Å². The maximum absolute atomic E-state index is 10.9. The highest BCUT2D eigenvalue weighted by Gasteiger charge is 1.98. The summed E-state index contributed by atoms with van der Waals surface area (Å²) in [6.45, 7) is 5.83. The highest BCUT2D eigenvalue weighted by molar-refractivity contribution is 5.87. The number of rotatable bonds is 3. The highest BCUT2D eigenvalue weighted by Crippen LogP contribution is 1.85. The van der Waals surface area contributed by atoms with Gasteiger partial charge in [-0.2, -0.15) is 0 Å². The van der Waals surface area contributed by atoms with Gasteiger partial charge in [0.1, 0.15) is 0 Å². The summed E-state index contributed by atoms with van der Waals surface area (Å²) < 4.78 is 0. The number of nitrogens with zero attached hydrogens (tertiary/aromatic N) is 2. The first-order chi connectivity index (χ1) is 4.72. The van der Waals surface area contributed by atoms with Crippen molar-refractivity contribution in [3.63, 3.8) is 0 Å². The van der Waals surface area contributed by atoms with Gasteiger partial charge < -0.3 is 4.90 Å². The molecule has 0 aromatic carbocycles. The molecule has 3 heteroatoms. The number of carbonyl (C=O) groups is 1. The maximum Gasteiger partial charge on any atom is 0.247 e. The second kappa shape index (κ2) is 4.73. The summed E-state index contributed by atoms with van der Waals surface area (Å²) in [5, 5.41) is 0. The van der Waals surface area contributed by atoms with Crippen molar-refractivity contribution in [1.82, 2.24) is 4.90 Å². The van der Waals surface area contributed by atoms with Crippen LogP contribution in [0.15, 0.2) is 17.3 Å². The predicted octanol–water partition coefficient (Wildman–Crippen LogP) is 0.679. The fourth-order valence-corrected chi connectivity index (χ4v) is 0.400. The molecule has 0 atom stereocenters. The van der Waals surface area contributed by atoms with Crippen LogP contribution in [0.1, 0.15) is 6.92 Å². The number of likely N-dealkylation sites (N-methyl/N-ethyl adjacent to an activating group) is 1. The van der Waals surface area contributed by atoms with Gasteiger partial charge >= 0.3 is 0 Å². The molecule has 1 amide bonds. The van der Waals surface area contributed by atoms with E-state index in [0.29, 0.717) is 6.54 Å². The quantitative estimate of drug-likeness (QED) is 0.419. The minimum atomic E-state index is -0.0464. The fourth-order valence-electron chi connectivity index (χ4n) is 0.400. The Labute approximate surface area is 61.1 Å². The van der Waals surface area contributed by atoms with Gasteiger partial charge in [0.15, 0.2) is 0 Å². The van der Waals surface area contributed by atoms with E-state index in [9.17, 15) is 4.79 Å². The number of carbonyl (C=O) groups excluding carboxylic acids is 1. The smallest absolute Gasteiger partial charge is 0.247 e. The lowest BCUT2D eigenvalue weighted by atomic mass is 10.5. The molecule has 0 aliphatic carbocycles. The van der Waals surface area contributed by atoms with Gasteiger partial charge in [-0.15, -0.1) is 0 Å². The van der Waals surface area contributed by atoms with E-state index in [0.717, 1.165) is 0 Å². The second-order valence-electron chi connectivity index (χ2n) is 1.85. The van der Waals surface area contributed by atoms with E-state index in [2.05, 4.69) is 11.7 Å². The van der Waals surface area contributed by atoms with Crippen molar-refractivity contribution in [2.45, 2.75) is 6.92 Å². The van der Waals surface area contributed by atoms with Crippen LogP contribution in [0, 0.1) is 0 Å². The Morgan fingerprint density at radius 3 is 2.80 bits per heavy atom. The van der Waals surface area contributed by atoms with E-state index < -0.39 is 0 Å². The molecule has 0 aromatic rings. The SMILES string of the molecule is C=N/C=C/C(=O)N(C)CC. The van der Waals surface area contributed by atoms with Crippen LogP contribution in [0.4, 0.5) is 0 Å². The van der Waals surface area contributed by atoms with Crippen LogP contribution in [-0.2, 0) is 4.79 Å². The Hall–Kier alpha value is -1.12. The lowest BCUT2D eigenvalue weighted by molar-refractivity contribution is -0.124. The Balaban J connectivity index is 3.83. The minimum absolute atomic E-state index is 0.0464. The normalized spacial score (nSPS) is 9.80. The van der Waals surface area contributed by atoms with Crippen LogP contribution in [-0.4, -0.2) is 31.1 Å². The third-order valence-electron chi connectivity index (χ3n) is 1.17. The molecular formula is C7H12N2O. The average Bonchev–Trinajstić information content (AvgIpc) is 1.98. The molecule has 0 saturated heterocycles. The van der Waals surface area contributed by atoms with Crippen molar-refractivity contribution in [2.75, 3.05) is 13.6 Å². The van der Waals surface area contributed by atoms with Gasteiger partial charge in [-0.1, -0.05) is 0 Å². The molecule has 0 aliphatic heterocycles. The summed E-state index contributed by atoms with van der Waals surface area (Å²) in [7, 11) is 1.73. The minimum Gasteiger partial charge on any atom is -0.342 e. The van der Waals surface area contributed by atoms with Crippen LogP contribution in [0.2, 0.25) is 0 Å². The molecule has 0 radical (unpaired) electrons. The van der Waals surface area contributed by atoms with Crippen molar-refractivity contribution >= 4 is 12.6 Å². The standard InChI is InChI=1S/C7H12N2O/c1-4-9(3)7(10)5-6-8-2/h5-6H,2,4H2,1,3H3/b6-5+. The first kappa shape index (κ1) is 8.88. The largest absolute Gasteiger partial charge is 0.342 e. The average molecular weight is 140 g/mol. The van der Waals surface area contributed by atoms with Crippen LogP contribution >= 0.6 is 0 Å².